The van der Waals surface area contributed by atoms with Gasteiger partial charge in [0.15, 0.2) is 0 Å². The second-order valence-electron chi connectivity index (χ2n) is 2.38. The second kappa shape index (κ2) is 3.90. The van der Waals surface area contributed by atoms with E-state index in [9.17, 15) is 0 Å². The largest absolute Gasteiger partial charge is 0.264 e. The van der Waals surface area contributed by atoms with Gasteiger partial charge in [-0.3, -0.25) is 10.4 Å². The molecule has 3 nitrogen and oxygen atoms in total. The zero-order valence-corrected chi connectivity index (χ0v) is 6.81. The molecule has 0 amide bonds. The molecule has 64 valence electrons. The van der Waals surface area contributed by atoms with E-state index in [1.54, 1.807) is 24.3 Å². The third-order valence-electron chi connectivity index (χ3n) is 1.48. The molecule has 0 heterocycles. The molecule has 0 bridgehead atoms. The van der Waals surface area contributed by atoms with Crippen LogP contribution in [0.4, 0.5) is 5.69 Å². The highest BCUT2D eigenvalue weighted by molar-refractivity contribution is 5.53. The predicted octanol–water partition coefficient (Wildman–Crippen LogP) is 2.30. The van der Waals surface area contributed by atoms with E-state index in [1.165, 1.54) is 0 Å². The van der Waals surface area contributed by atoms with Crippen LogP contribution < -0.4 is 5.23 Å². The van der Waals surface area contributed by atoms with Gasteiger partial charge in [-0.25, -0.2) is 0 Å². The van der Waals surface area contributed by atoms with Crippen molar-refractivity contribution >= 4 is 11.8 Å². The van der Waals surface area contributed by atoms with Crippen LogP contribution in [0.5, 0.6) is 0 Å². The number of rotatable bonds is 2. The minimum atomic E-state index is 0.0967. The molecule has 0 aliphatic rings. The Morgan fingerprint density at radius 1 is 1.17 bits per heavy atom. The third-order valence-corrected chi connectivity index (χ3v) is 1.48. The van der Waals surface area contributed by atoms with Crippen molar-refractivity contribution in [1.29, 1.82) is 0 Å². The van der Waals surface area contributed by atoms with Crippen LogP contribution >= 0.6 is 0 Å². The molecule has 0 atom stereocenters. The van der Waals surface area contributed by atoms with Gasteiger partial charge in [-0.15, -0.1) is 5.23 Å². The molecule has 1 aromatic carbocycles. The number of anilines is 1. The van der Waals surface area contributed by atoms with Gasteiger partial charge in [0.05, 0.1) is 5.69 Å². The summed E-state index contributed by atoms with van der Waals surface area (Å²) in [6, 6.07) is 6.84. The number of hydrogen-bond acceptors (Lipinski definition) is 3. The summed E-state index contributed by atoms with van der Waals surface area (Å²) in [6.07, 6.45) is 3.85. The Morgan fingerprint density at radius 2 is 1.75 bits per heavy atom. The van der Waals surface area contributed by atoms with Crippen molar-refractivity contribution in [2.24, 2.45) is 0 Å². The fourth-order valence-corrected chi connectivity index (χ4v) is 0.911. The summed E-state index contributed by atoms with van der Waals surface area (Å²) >= 11 is 0. The molecule has 0 aliphatic heterocycles. The van der Waals surface area contributed by atoms with Crippen molar-refractivity contribution in [3.63, 3.8) is 0 Å². The van der Waals surface area contributed by atoms with Gasteiger partial charge < -0.3 is 0 Å². The van der Waals surface area contributed by atoms with Crippen LogP contribution in [-0.4, -0.2) is 10.4 Å². The van der Waals surface area contributed by atoms with Crippen LogP contribution in [0.25, 0.3) is 6.08 Å². The lowest BCUT2D eigenvalue weighted by molar-refractivity contribution is 0.0291. The van der Waals surface area contributed by atoms with Gasteiger partial charge in [0, 0.05) is 0 Å². The highest BCUT2D eigenvalue weighted by atomic mass is 16.8. The fourth-order valence-electron chi connectivity index (χ4n) is 0.911. The molecule has 0 unspecified atom stereocenters. The molecule has 0 saturated carbocycles. The van der Waals surface area contributed by atoms with Gasteiger partial charge in [-0.05, 0) is 24.6 Å². The molecule has 1 rings (SSSR count). The summed E-state index contributed by atoms with van der Waals surface area (Å²) in [5, 5.41) is 17.3. The van der Waals surface area contributed by atoms with Gasteiger partial charge in [0.1, 0.15) is 0 Å². The molecule has 2 N–H and O–H groups in total. The second-order valence-corrected chi connectivity index (χ2v) is 2.38. The molecular formula is C9H11NO2. The molecular weight excluding hydrogens is 154 g/mol. The van der Waals surface area contributed by atoms with E-state index in [0.29, 0.717) is 5.69 Å². The van der Waals surface area contributed by atoms with Gasteiger partial charge >= 0.3 is 0 Å². The topological polar surface area (TPSA) is 43.7 Å². The first-order chi connectivity index (χ1) is 5.74. The molecule has 0 fully saturated rings. The highest BCUT2D eigenvalue weighted by Crippen LogP contribution is 2.12. The van der Waals surface area contributed by atoms with Crippen molar-refractivity contribution in [3.8, 4) is 0 Å². The zero-order chi connectivity index (χ0) is 8.97. The van der Waals surface area contributed by atoms with E-state index in [2.05, 4.69) is 0 Å². The van der Waals surface area contributed by atoms with E-state index < -0.39 is 0 Å². The van der Waals surface area contributed by atoms with Gasteiger partial charge in [0.2, 0.25) is 0 Å². The number of nitrogens with zero attached hydrogens (tertiary/aromatic N) is 1. The lowest BCUT2D eigenvalue weighted by atomic mass is 10.2. The average molecular weight is 165 g/mol. The zero-order valence-electron chi connectivity index (χ0n) is 6.81. The van der Waals surface area contributed by atoms with Crippen LogP contribution in [0, 0.1) is 0 Å². The number of allylic oxidation sites excluding steroid dienone is 1. The van der Waals surface area contributed by atoms with Gasteiger partial charge in [-0.2, -0.15) is 0 Å². The van der Waals surface area contributed by atoms with E-state index in [4.69, 9.17) is 10.4 Å². The fraction of sp³-hybridized carbons (Fsp3) is 0.111. The quantitative estimate of drug-likeness (QED) is 0.661. The molecule has 3 heteroatoms. The molecule has 0 spiro atoms. The van der Waals surface area contributed by atoms with Gasteiger partial charge in [0.25, 0.3) is 0 Å². The van der Waals surface area contributed by atoms with Crippen LogP contribution in [0.15, 0.2) is 30.3 Å². The summed E-state index contributed by atoms with van der Waals surface area (Å²) < 4.78 is 0. The van der Waals surface area contributed by atoms with Crippen LogP contribution in [0.3, 0.4) is 0 Å². The summed E-state index contributed by atoms with van der Waals surface area (Å²) in [5.41, 5.74) is 1.38. The lowest BCUT2D eigenvalue weighted by Crippen LogP contribution is -2.10. The third kappa shape index (κ3) is 2.08. The van der Waals surface area contributed by atoms with E-state index in [0.717, 1.165) is 5.56 Å². The SMILES string of the molecule is CC=Cc1ccc(N(O)O)cc1. The summed E-state index contributed by atoms with van der Waals surface area (Å²) in [6.45, 7) is 1.93. The Kier molecular flexibility index (Phi) is 2.85. The van der Waals surface area contributed by atoms with Gasteiger partial charge in [-0.1, -0.05) is 24.3 Å². The summed E-state index contributed by atoms with van der Waals surface area (Å²) in [7, 11) is 0. The lowest BCUT2D eigenvalue weighted by Gasteiger charge is -2.06. The maximum atomic E-state index is 8.62. The van der Waals surface area contributed by atoms with Crippen LogP contribution in [0.2, 0.25) is 0 Å². The Balaban J connectivity index is 2.85. The van der Waals surface area contributed by atoms with Crippen LogP contribution in [-0.2, 0) is 0 Å². The minimum Gasteiger partial charge on any atom is -0.264 e. The molecule has 0 saturated heterocycles. The minimum absolute atomic E-state index is 0.0967. The first-order valence-electron chi connectivity index (χ1n) is 3.64. The standard InChI is InChI=1S/C9H11NO2/c1-2-3-8-4-6-9(7-5-8)10(11)12/h2-7,11-12H,1H3. The Morgan fingerprint density at radius 3 is 2.17 bits per heavy atom. The Hall–Kier alpha value is -1.32. The smallest absolute Gasteiger partial charge is 0.0943 e. The van der Waals surface area contributed by atoms with Crippen LogP contribution in [0.1, 0.15) is 12.5 Å². The highest BCUT2D eigenvalue weighted by Gasteiger charge is 1.95. The predicted molar refractivity (Wildman–Crippen MR) is 47.2 cm³/mol. The van der Waals surface area contributed by atoms with E-state index in [1.807, 2.05) is 19.1 Å². The van der Waals surface area contributed by atoms with Crippen molar-refractivity contribution in [2.75, 3.05) is 5.23 Å². The number of benzene rings is 1. The molecule has 0 radical (unpaired) electrons. The van der Waals surface area contributed by atoms with Crippen molar-refractivity contribution < 1.29 is 10.4 Å². The summed E-state index contributed by atoms with van der Waals surface area (Å²) in [5.74, 6) is 0. The first-order valence-corrected chi connectivity index (χ1v) is 3.64. The maximum absolute atomic E-state index is 8.62. The molecule has 0 aliphatic carbocycles. The van der Waals surface area contributed by atoms with E-state index >= 15 is 0 Å². The Labute approximate surface area is 71.1 Å². The first kappa shape index (κ1) is 8.77. The van der Waals surface area contributed by atoms with Crippen molar-refractivity contribution in [2.45, 2.75) is 6.92 Å². The van der Waals surface area contributed by atoms with Crippen molar-refractivity contribution in [3.05, 3.63) is 35.9 Å². The Bertz CT molecular complexity index is 264. The van der Waals surface area contributed by atoms with Crippen molar-refractivity contribution in [1.82, 2.24) is 0 Å². The molecule has 0 aromatic heterocycles. The number of hydrogen-bond donors (Lipinski definition) is 2. The monoisotopic (exact) mass is 165 g/mol. The summed E-state index contributed by atoms with van der Waals surface area (Å²) in [4.78, 5) is 0. The molecule has 1 aromatic rings. The average Bonchev–Trinajstić information content (AvgIpc) is 2.06. The maximum Gasteiger partial charge on any atom is 0.0943 e. The normalized spacial score (nSPS) is 10.6. The molecule has 12 heavy (non-hydrogen) atoms. The van der Waals surface area contributed by atoms with E-state index in [-0.39, 0.29) is 5.23 Å².